The zero-order valence-corrected chi connectivity index (χ0v) is 78.9. The first-order valence-electron chi connectivity index (χ1n) is 50.4. The first kappa shape index (κ1) is 77.9. The van der Waals surface area contributed by atoms with E-state index in [-0.39, 0.29) is 0 Å². The van der Waals surface area contributed by atoms with Gasteiger partial charge in [-0.05, 0) is 304 Å². The van der Waals surface area contributed by atoms with Gasteiger partial charge < -0.3 is 22.1 Å². The Balaban J connectivity index is 0.000000102. The molecular weight excluding hydrogens is 1660 g/mol. The van der Waals surface area contributed by atoms with Crippen LogP contribution in [0.5, 0.6) is 0 Å². The minimum Gasteiger partial charge on any atom is -0.456 e. The molecule has 1 fully saturated rings. The van der Waals surface area contributed by atoms with Crippen LogP contribution in [0.15, 0.2) is 362 Å². The van der Waals surface area contributed by atoms with Crippen molar-refractivity contribution in [3.8, 4) is 56.3 Å². The zero-order valence-electron chi connectivity index (χ0n) is 85.9. The zero-order chi connectivity index (χ0) is 99.1. The Kier molecular flexibility index (Phi) is 20.1. The van der Waals surface area contributed by atoms with Gasteiger partial charge in [0.1, 0.15) is 91.1 Å². The maximum atomic E-state index is 8.97. The normalized spacial score (nSPS) is 14.1. The number of aromatic nitrogens is 5. The van der Waals surface area contributed by atoms with Crippen molar-refractivity contribution in [3.05, 3.63) is 390 Å². The second kappa shape index (κ2) is 35.1. The van der Waals surface area contributed by atoms with E-state index in [2.05, 4.69) is 349 Å². The molecule has 10 heterocycles. The van der Waals surface area contributed by atoms with E-state index in [9.17, 15) is 0 Å². The highest BCUT2D eigenvalue weighted by atomic mass is 16.3. The summed E-state index contributed by atoms with van der Waals surface area (Å²) in [7, 11) is 10.2. The lowest BCUT2D eigenvalue weighted by molar-refractivity contribution is -0.660. The summed E-state index contributed by atoms with van der Waals surface area (Å²) >= 11 is 0. The molecule has 0 amide bonds. The van der Waals surface area contributed by atoms with Gasteiger partial charge >= 0.3 is 0 Å². The molecule has 26 rings (SSSR count). The molecule has 15 aromatic carbocycles. The fourth-order valence-corrected chi connectivity index (χ4v) is 20.4. The summed E-state index contributed by atoms with van der Waals surface area (Å²) in [6.07, 6.45) is 12.9. The monoisotopic (exact) mass is 1780 g/mol. The largest absolute Gasteiger partial charge is 0.456 e. The number of hydrogen-bond acceptors (Lipinski definition) is 5. The first-order chi connectivity index (χ1) is 68.7. The number of benzene rings is 15. The van der Waals surface area contributed by atoms with E-state index in [1.807, 2.05) is 85.0 Å². The van der Waals surface area contributed by atoms with Crippen LogP contribution in [0.4, 0.5) is 0 Å². The predicted octanol–water partition coefficient (Wildman–Crippen LogP) is 31.3. The van der Waals surface area contributed by atoms with Gasteiger partial charge in [0.25, 0.3) is 0 Å². The third-order valence-electron chi connectivity index (χ3n) is 27.9. The van der Waals surface area contributed by atoms with Gasteiger partial charge in [0.2, 0.25) is 28.5 Å². The number of fused-ring (bicyclic) bond motifs is 20. The number of pyridine rings is 5. The summed E-state index contributed by atoms with van der Waals surface area (Å²) in [4.78, 5) is 0. The minimum absolute atomic E-state index is 0.442. The molecule has 1 aliphatic carbocycles. The van der Waals surface area contributed by atoms with E-state index in [0.717, 1.165) is 170 Å². The van der Waals surface area contributed by atoms with Crippen LogP contribution in [-0.2, 0) is 41.6 Å². The molecule has 10 heteroatoms. The molecule has 0 radical (unpaired) electrons. The van der Waals surface area contributed by atoms with Crippen molar-refractivity contribution < 1.29 is 54.5 Å². The van der Waals surface area contributed by atoms with Gasteiger partial charge in [-0.15, -0.1) is 0 Å². The summed E-state index contributed by atoms with van der Waals surface area (Å²) in [5.74, 6) is -2.14. The van der Waals surface area contributed by atoms with Crippen LogP contribution in [-0.4, -0.2) is 0 Å². The van der Waals surface area contributed by atoms with E-state index in [1.165, 1.54) is 122 Å². The molecule has 664 valence electrons. The molecule has 136 heavy (non-hydrogen) atoms. The highest BCUT2D eigenvalue weighted by molar-refractivity contribution is 6.16. The quantitative estimate of drug-likeness (QED) is 0.142. The Morgan fingerprint density at radius 1 is 0.294 bits per heavy atom. The van der Waals surface area contributed by atoms with E-state index in [0.29, 0.717) is 11.1 Å². The van der Waals surface area contributed by atoms with Crippen molar-refractivity contribution in [2.24, 2.45) is 35.2 Å². The van der Waals surface area contributed by atoms with Gasteiger partial charge in [-0.3, -0.25) is 0 Å². The molecular formula is C126H110N5O5+5. The molecule has 1 saturated carbocycles. The van der Waals surface area contributed by atoms with Crippen LogP contribution in [0.3, 0.4) is 0 Å². The fraction of sp³-hybridized carbons (Fsp3) is 0.167. The Hall–Kier alpha value is -15.7. The lowest BCUT2D eigenvalue weighted by Crippen LogP contribution is -2.31. The molecule has 1 atom stereocenters. The first-order valence-corrected chi connectivity index (χ1v) is 46.9. The number of aryl methyl sites for hydroxylation is 12. The standard InChI is InChI=1S/C28H26NO.C26H24NO.C25H22NO.C24H20NO.C23H18NO/c1-18-13-27-25(24-14-20-9-5-6-10-21(20)16-28(24)30-27)17-23(18)26-15-22(11-12-29(26)2)19-7-3-4-8-19;1-16(2)18-9-10-27(4)24(13-18)21-15-23-22-12-19-7-5-6-8-20(19)14-26(22)28-25(23)11-17(21)3;1-4-17-9-10-26(3)23(12-17)20-15-22-21-13-18-7-5-6-8-19(18)14-25(21)27-24(22)11-16(20)2;1-15-8-9-25(3)22(10-15)19-14-21-20-12-17-6-4-5-7-18(17)13-24(20)26-23(21)11-16(19)2;1-15-11-22-20(14-18(15)21-9-5-6-10-24(21)2)19-12-16-7-3-4-8-17(16)13-23(19)25-22/h5-6,9-17,19H,3-4,7-8H2,1-2H3;5-16H,1-4H3;5-15H,4H2,1-3H3;4-14H,1-3H3;3-14H,1-2H3/q5*+1/i19D;1D3,16D;4D2;;. The average molecular weight is 1780 g/mol. The van der Waals surface area contributed by atoms with E-state index >= 15 is 0 Å². The lowest BCUT2D eigenvalue weighted by atomic mass is 9.94. The Bertz CT molecular complexity index is 9490. The van der Waals surface area contributed by atoms with Crippen LogP contribution >= 0.6 is 0 Å². The van der Waals surface area contributed by atoms with Crippen molar-refractivity contribution in [3.63, 3.8) is 0 Å². The maximum absolute atomic E-state index is 8.97. The molecule has 1 aliphatic rings. The van der Waals surface area contributed by atoms with Crippen LogP contribution in [0.1, 0.15) is 118 Å². The summed E-state index contributed by atoms with van der Waals surface area (Å²) < 4.78 is 98.5. The topological polar surface area (TPSA) is 85.1 Å². The highest BCUT2D eigenvalue weighted by Crippen LogP contribution is 2.45. The second-order valence-corrected chi connectivity index (χ2v) is 37.1. The molecule has 0 N–H and O–H groups in total. The molecule has 10 nitrogen and oxygen atoms in total. The third-order valence-corrected chi connectivity index (χ3v) is 27.9. The van der Waals surface area contributed by atoms with Gasteiger partial charge in [-0.25, -0.2) is 22.8 Å². The van der Waals surface area contributed by atoms with Crippen molar-refractivity contribution >= 4 is 164 Å². The number of rotatable bonds is 8. The summed E-state index contributed by atoms with van der Waals surface area (Å²) in [5.41, 5.74) is 29.6. The lowest BCUT2D eigenvalue weighted by Gasteiger charge is -2.11. The highest BCUT2D eigenvalue weighted by Gasteiger charge is 2.27. The van der Waals surface area contributed by atoms with Crippen LogP contribution in [0.2, 0.25) is 0 Å². The Morgan fingerprint density at radius 3 is 0.904 bits per heavy atom. The summed E-state index contributed by atoms with van der Waals surface area (Å²) in [6.45, 7) is 13.3. The van der Waals surface area contributed by atoms with Gasteiger partial charge in [-0.2, -0.15) is 0 Å². The van der Waals surface area contributed by atoms with Crippen molar-refractivity contribution in [2.75, 3.05) is 0 Å². The Morgan fingerprint density at radius 2 is 0.566 bits per heavy atom. The molecule has 25 aromatic rings. The van der Waals surface area contributed by atoms with Gasteiger partial charge in [-0.1, -0.05) is 155 Å². The van der Waals surface area contributed by atoms with Gasteiger partial charge in [0, 0.05) is 152 Å². The molecule has 10 aromatic heterocycles. The van der Waals surface area contributed by atoms with Crippen molar-refractivity contribution in [2.45, 2.75) is 106 Å². The van der Waals surface area contributed by atoms with Gasteiger partial charge in [0.15, 0.2) is 31.0 Å². The average Bonchev–Trinajstić information content (AvgIpc) is 1.66. The molecule has 1 unspecified atom stereocenters. The molecule has 0 saturated heterocycles. The third kappa shape index (κ3) is 16.0. The van der Waals surface area contributed by atoms with Gasteiger partial charge in [0.05, 0.1) is 0 Å². The SMILES string of the molecule is Cc1cc2oc3cc4ccccc4cc3c2cc1-c1cccc[n+]1C.Cc1cc[n+](C)c(-c2cc3c(cc2C)oc2cc4ccccc4cc23)c1.[2H]C([2H])(C)c1cc[n+](C)c(-c2cc3c(cc2C)oc2cc4ccccc4cc23)c1.[2H]C([2H])([2H])C([2H])(C)c1cc[n+](C)c(-c2cc3c(cc2C)oc2cc4ccccc4cc23)c1.[2H]C1(c2cc[n+](C)c(-c3cc4c(cc3C)oc3cc5ccccc5cc34)c2)CCCC1. The number of nitrogens with zero attached hydrogens (tertiary/aromatic N) is 5. The van der Waals surface area contributed by atoms with Crippen molar-refractivity contribution in [1.82, 2.24) is 0 Å². The van der Waals surface area contributed by atoms with Crippen LogP contribution in [0.25, 0.3) is 220 Å². The van der Waals surface area contributed by atoms with Crippen LogP contribution < -0.4 is 22.8 Å². The molecule has 0 aliphatic heterocycles. The van der Waals surface area contributed by atoms with E-state index in [4.69, 9.17) is 31.7 Å². The summed E-state index contributed by atoms with van der Waals surface area (Å²) in [5, 5.41) is 23.2. The number of furan rings is 5. The summed E-state index contributed by atoms with van der Waals surface area (Å²) in [6, 6.07) is 108. The Labute approximate surface area is 801 Å². The fourth-order valence-electron chi connectivity index (χ4n) is 20.4. The molecule has 0 bridgehead atoms. The number of hydrogen-bond donors (Lipinski definition) is 0. The minimum atomic E-state index is -2.43. The van der Waals surface area contributed by atoms with E-state index < -0.39 is 25.0 Å². The molecule has 0 spiro atoms. The smallest absolute Gasteiger partial charge is 0.212 e. The maximum Gasteiger partial charge on any atom is 0.212 e. The van der Waals surface area contributed by atoms with Crippen LogP contribution in [0, 0.1) is 41.5 Å². The van der Waals surface area contributed by atoms with Crippen molar-refractivity contribution in [1.29, 1.82) is 0 Å². The predicted molar refractivity (Wildman–Crippen MR) is 562 cm³/mol. The van der Waals surface area contributed by atoms with E-state index in [1.54, 1.807) is 13.0 Å². The second-order valence-electron chi connectivity index (χ2n) is 37.1.